The van der Waals surface area contributed by atoms with E-state index < -0.39 is 0 Å². The summed E-state index contributed by atoms with van der Waals surface area (Å²) in [6.45, 7) is 0.716. The molecule has 1 saturated carbocycles. The maximum Gasteiger partial charge on any atom is 0.264 e. The van der Waals surface area contributed by atoms with Crippen LogP contribution in [-0.4, -0.2) is 41.0 Å². The van der Waals surface area contributed by atoms with Gasteiger partial charge in [0.2, 0.25) is 5.91 Å². The first-order valence-corrected chi connectivity index (χ1v) is 7.83. The topological polar surface area (TPSA) is 69.6 Å². The van der Waals surface area contributed by atoms with Gasteiger partial charge < -0.3 is 15.3 Å². The molecule has 1 saturated heterocycles. The quantitative estimate of drug-likeness (QED) is 0.888. The number of thiophene rings is 1. The molecule has 20 heavy (non-hydrogen) atoms. The smallest absolute Gasteiger partial charge is 0.264 e. The van der Waals surface area contributed by atoms with E-state index in [0.717, 1.165) is 30.7 Å². The summed E-state index contributed by atoms with van der Waals surface area (Å²) in [6.07, 6.45) is 3.73. The normalized spacial score (nSPS) is 22.1. The standard InChI is InChI=1S/C14H18N2O3S/c17-8-10-2-1-7-16(10)14(19)11-5-6-12(20-11)15-13(18)9-3-4-9/h5-6,9-10,17H,1-4,7-8H2,(H,15,18). The summed E-state index contributed by atoms with van der Waals surface area (Å²) >= 11 is 1.31. The second-order valence-corrected chi connectivity index (χ2v) is 6.49. The Labute approximate surface area is 121 Å². The zero-order chi connectivity index (χ0) is 14.1. The predicted octanol–water partition coefficient (Wildman–Crippen LogP) is 1.69. The van der Waals surface area contributed by atoms with Crippen molar-refractivity contribution >= 4 is 28.2 Å². The molecule has 5 nitrogen and oxygen atoms in total. The van der Waals surface area contributed by atoms with Crippen LogP contribution in [0.25, 0.3) is 0 Å². The number of anilines is 1. The van der Waals surface area contributed by atoms with Gasteiger partial charge in [-0.15, -0.1) is 11.3 Å². The molecule has 3 rings (SSSR count). The van der Waals surface area contributed by atoms with E-state index in [2.05, 4.69) is 5.32 Å². The Balaban J connectivity index is 1.66. The Morgan fingerprint density at radius 2 is 2.15 bits per heavy atom. The second kappa shape index (κ2) is 5.54. The fourth-order valence-electron chi connectivity index (χ4n) is 2.52. The molecular formula is C14H18N2O3S. The van der Waals surface area contributed by atoms with Crippen molar-refractivity contribution in [1.82, 2.24) is 4.90 Å². The molecular weight excluding hydrogens is 276 g/mol. The van der Waals surface area contributed by atoms with Crippen LogP contribution < -0.4 is 5.32 Å². The molecule has 0 aromatic carbocycles. The first-order chi connectivity index (χ1) is 9.69. The number of carbonyl (C=O) groups is 2. The van der Waals surface area contributed by atoms with Gasteiger partial charge in [0.1, 0.15) is 0 Å². The number of aliphatic hydroxyl groups is 1. The van der Waals surface area contributed by atoms with E-state index in [1.54, 1.807) is 17.0 Å². The summed E-state index contributed by atoms with van der Waals surface area (Å²) in [5.74, 6) is 0.173. The Morgan fingerprint density at radius 1 is 1.35 bits per heavy atom. The van der Waals surface area contributed by atoms with Gasteiger partial charge in [0.15, 0.2) is 0 Å². The third kappa shape index (κ3) is 2.71. The fourth-order valence-corrected chi connectivity index (χ4v) is 3.39. The fraction of sp³-hybridized carbons (Fsp3) is 0.571. The number of rotatable bonds is 4. The van der Waals surface area contributed by atoms with Crippen LogP contribution in [0.1, 0.15) is 35.4 Å². The summed E-state index contributed by atoms with van der Waals surface area (Å²) < 4.78 is 0. The molecule has 1 aliphatic carbocycles. The van der Waals surface area contributed by atoms with Crippen molar-refractivity contribution in [2.24, 2.45) is 5.92 Å². The third-order valence-electron chi connectivity index (χ3n) is 3.86. The minimum atomic E-state index is -0.0610. The van der Waals surface area contributed by atoms with Gasteiger partial charge in [-0.1, -0.05) is 0 Å². The number of amides is 2. The average Bonchev–Trinajstić information content (AvgIpc) is 3.02. The minimum absolute atomic E-state index is 0.0163. The Morgan fingerprint density at radius 3 is 2.85 bits per heavy atom. The van der Waals surface area contributed by atoms with Crippen LogP contribution in [0.4, 0.5) is 5.00 Å². The van der Waals surface area contributed by atoms with Crippen LogP contribution in [0, 0.1) is 5.92 Å². The molecule has 1 aromatic heterocycles. The van der Waals surface area contributed by atoms with Crippen LogP contribution in [0.5, 0.6) is 0 Å². The van der Waals surface area contributed by atoms with E-state index in [-0.39, 0.29) is 30.4 Å². The van der Waals surface area contributed by atoms with Crippen molar-refractivity contribution in [3.8, 4) is 0 Å². The monoisotopic (exact) mass is 294 g/mol. The average molecular weight is 294 g/mol. The number of hydrogen-bond acceptors (Lipinski definition) is 4. The van der Waals surface area contributed by atoms with E-state index in [4.69, 9.17) is 0 Å². The van der Waals surface area contributed by atoms with E-state index >= 15 is 0 Å². The van der Waals surface area contributed by atoms with Crippen LogP contribution in [0.3, 0.4) is 0 Å². The van der Waals surface area contributed by atoms with E-state index in [9.17, 15) is 14.7 Å². The van der Waals surface area contributed by atoms with Gasteiger partial charge in [0.25, 0.3) is 5.91 Å². The summed E-state index contributed by atoms with van der Waals surface area (Å²) in [5, 5.41) is 12.9. The SMILES string of the molecule is O=C(Nc1ccc(C(=O)N2CCCC2CO)s1)C1CC1. The number of nitrogens with one attached hydrogen (secondary N) is 1. The maximum atomic E-state index is 12.4. The van der Waals surface area contributed by atoms with E-state index in [1.807, 2.05) is 0 Å². The molecule has 1 aromatic rings. The number of nitrogens with zero attached hydrogens (tertiary/aromatic N) is 1. The Hall–Kier alpha value is -1.40. The van der Waals surface area contributed by atoms with Gasteiger partial charge in [-0.25, -0.2) is 0 Å². The molecule has 2 aliphatic rings. The summed E-state index contributed by atoms with van der Waals surface area (Å²) in [6, 6.07) is 3.47. The predicted molar refractivity (Wildman–Crippen MR) is 76.8 cm³/mol. The van der Waals surface area contributed by atoms with Crippen LogP contribution in [0.2, 0.25) is 0 Å². The zero-order valence-electron chi connectivity index (χ0n) is 11.2. The molecule has 1 unspecified atom stereocenters. The summed E-state index contributed by atoms with van der Waals surface area (Å²) in [5.41, 5.74) is 0. The molecule has 1 atom stereocenters. The van der Waals surface area contributed by atoms with E-state index in [0.29, 0.717) is 11.4 Å². The van der Waals surface area contributed by atoms with Gasteiger partial charge in [-0.05, 0) is 37.8 Å². The number of carbonyl (C=O) groups excluding carboxylic acids is 2. The number of hydrogen-bond donors (Lipinski definition) is 2. The molecule has 108 valence electrons. The van der Waals surface area contributed by atoms with Crippen molar-refractivity contribution in [3.63, 3.8) is 0 Å². The second-order valence-electron chi connectivity index (χ2n) is 5.40. The molecule has 2 heterocycles. The number of aliphatic hydroxyl groups excluding tert-OH is 1. The number of likely N-dealkylation sites (tertiary alicyclic amines) is 1. The molecule has 2 amide bonds. The lowest BCUT2D eigenvalue weighted by Crippen LogP contribution is -2.37. The van der Waals surface area contributed by atoms with Gasteiger partial charge >= 0.3 is 0 Å². The lowest BCUT2D eigenvalue weighted by atomic mass is 10.2. The largest absolute Gasteiger partial charge is 0.394 e. The first-order valence-electron chi connectivity index (χ1n) is 7.01. The van der Waals surface area contributed by atoms with Crippen LogP contribution in [0.15, 0.2) is 12.1 Å². The van der Waals surface area contributed by atoms with Crippen molar-refractivity contribution in [3.05, 3.63) is 17.0 Å². The molecule has 6 heteroatoms. The molecule has 1 aliphatic heterocycles. The highest BCUT2D eigenvalue weighted by Gasteiger charge is 2.31. The Bertz CT molecular complexity index is 524. The van der Waals surface area contributed by atoms with Crippen molar-refractivity contribution in [1.29, 1.82) is 0 Å². The van der Waals surface area contributed by atoms with Gasteiger partial charge in [-0.2, -0.15) is 0 Å². The highest BCUT2D eigenvalue weighted by Crippen LogP contribution is 2.32. The van der Waals surface area contributed by atoms with E-state index in [1.165, 1.54) is 11.3 Å². The molecule has 0 radical (unpaired) electrons. The molecule has 2 fully saturated rings. The zero-order valence-corrected chi connectivity index (χ0v) is 12.0. The van der Waals surface area contributed by atoms with Gasteiger partial charge in [0.05, 0.1) is 22.5 Å². The van der Waals surface area contributed by atoms with Crippen LogP contribution in [-0.2, 0) is 4.79 Å². The minimum Gasteiger partial charge on any atom is -0.394 e. The van der Waals surface area contributed by atoms with Crippen molar-refractivity contribution in [2.75, 3.05) is 18.5 Å². The van der Waals surface area contributed by atoms with Gasteiger partial charge in [-0.3, -0.25) is 9.59 Å². The highest BCUT2D eigenvalue weighted by atomic mass is 32.1. The first kappa shape index (κ1) is 13.6. The molecule has 0 bridgehead atoms. The van der Waals surface area contributed by atoms with Crippen molar-refractivity contribution < 1.29 is 14.7 Å². The third-order valence-corrected chi connectivity index (χ3v) is 4.85. The molecule has 2 N–H and O–H groups in total. The maximum absolute atomic E-state index is 12.4. The molecule has 0 spiro atoms. The summed E-state index contributed by atoms with van der Waals surface area (Å²) in [4.78, 5) is 26.4. The van der Waals surface area contributed by atoms with Gasteiger partial charge in [0, 0.05) is 12.5 Å². The lowest BCUT2D eigenvalue weighted by molar-refractivity contribution is -0.117. The van der Waals surface area contributed by atoms with Crippen LogP contribution >= 0.6 is 11.3 Å². The van der Waals surface area contributed by atoms with Crippen molar-refractivity contribution in [2.45, 2.75) is 31.7 Å². The summed E-state index contributed by atoms with van der Waals surface area (Å²) in [7, 11) is 0. The lowest BCUT2D eigenvalue weighted by Gasteiger charge is -2.22. The Kier molecular flexibility index (Phi) is 3.76. The highest BCUT2D eigenvalue weighted by molar-refractivity contribution is 7.18.